The highest BCUT2D eigenvalue weighted by molar-refractivity contribution is 7.93. The van der Waals surface area contributed by atoms with Crippen LogP contribution in [0.3, 0.4) is 0 Å². The lowest BCUT2D eigenvalue weighted by Crippen LogP contribution is -2.43. The number of rotatable bonds is 7. The Hall–Kier alpha value is -2.54. The van der Waals surface area contributed by atoms with Gasteiger partial charge in [0, 0.05) is 6.04 Å². The van der Waals surface area contributed by atoms with Crippen molar-refractivity contribution >= 4 is 21.6 Å². The smallest absolute Gasteiger partial charge is 0.268 e. The van der Waals surface area contributed by atoms with E-state index in [9.17, 15) is 13.2 Å². The Morgan fingerprint density at radius 1 is 1.07 bits per heavy atom. The topological polar surface area (TPSA) is 75.7 Å². The third kappa shape index (κ3) is 4.84. The van der Waals surface area contributed by atoms with Crippen LogP contribution in [0.2, 0.25) is 0 Å². The molecule has 0 aliphatic rings. The van der Waals surface area contributed by atoms with Crippen LogP contribution in [0, 0.1) is 20.8 Å². The number of hydrogen-bond donors (Lipinski definition) is 1. The van der Waals surface area contributed by atoms with Crippen molar-refractivity contribution in [3.63, 3.8) is 0 Å². The first-order chi connectivity index (χ1) is 13.1. The molecule has 0 aliphatic carbocycles. The maximum Gasteiger partial charge on any atom is 0.268 e. The summed E-state index contributed by atoms with van der Waals surface area (Å²) in [7, 11) is -2.61. The van der Waals surface area contributed by atoms with Crippen molar-refractivity contribution in [2.75, 3.05) is 18.0 Å². The lowest BCUT2D eigenvalue weighted by Gasteiger charge is -2.26. The molecule has 0 spiro atoms. The molecule has 0 radical (unpaired) electrons. The average molecular weight is 405 g/mol. The molecule has 0 saturated carbocycles. The Balaban J connectivity index is 2.61. The molecule has 1 amide bonds. The molecule has 0 atom stereocenters. The van der Waals surface area contributed by atoms with Gasteiger partial charge in [0.05, 0.1) is 12.8 Å². The summed E-state index contributed by atoms with van der Waals surface area (Å²) >= 11 is 0. The fraction of sp³-hybridized carbons (Fsp3) is 0.381. The first-order valence-corrected chi connectivity index (χ1v) is 10.5. The summed E-state index contributed by atoms with van der Waals surface area (Å²) in [6.45, 7) is 9.01. The lowest BCUT2D eigenvalue weighted by atomic mass is 10.1. The van der Waals surface area contributed by atoms with Gasteiger partial charge >= 0.3 is 0 Å². The Morgan fingerprint density at radius 2 is 1.75 bits per heavy atom. The highest BCUT2D eigenvalue weighted by atomic mass is 32.2. The van der Waals surface area contributed by atoms with E-state index in [-0.39, 0.29) is 29.1 Å². The number of aryl methyl sites for hydroxylation is 3. The number of carbonyl (C=O) groups is 1. The summed E-state index contributed by atoms with van der Waals surface area (Å²) in [6, 6.07) is 10.2. The first-order valence-electron chi connectivity index (χ1n) is 9.10. The van der Waals surface area contributed by atoms with Gasteiger partial charge in [0.1, 0.15) is 17.2 Å². The third-order valence-corrected chi connectivity index (χ3v) is 6.20. The van der Waals surface area contributed by atoms with Crippen molar-refractivity contribution in [3.05, 3.63) is 53.1 Å². The van der Waals surface area contributed by atoms with E-state index in [0.717, 1.165) is 21.0 Å². The van der Waals surface area contributed by atoms with Crippen molar-refractivity contribution in [3.8, 4) is 5.75 Å². The number of amides is 1. The molecule has 28 heavy (non-hydrogen) atoms. The largest absolute Gasteiger partial charge is 0.495 e. The minimum atomic E-state index is -4.03. The van der Waals surface area contributed by atoms with Crippen LogP contribution in [0.25, 0.3) is 0 Å². The molecule has 0 bridgehead atoms. The Bertz CT molecular complexity index is 968. The number of nitrogens with one attached hydrogen (secondary N) is 1. The third-order valence-electron chi connectivity index (χ3n) is 4.40. The van der Waals surface area contributed by atoms with E-state index in [0.29, 0.717) is 5.69 Å². The van der Waals surface area contributed by atoms with E-state index in [1.807, 2.05) is 40.7 Å². The number of benzene rings is 2. The molecule has 0 saturated heterocycles. The molecule has 7 heteroatoms. The molecular weight excluding hydrogens is 376 g/mol. The average Bonchev–Trinajstić information content (AvgIpc) is 2.61. The number of sulfonamides is 1. The first kappa shape index (κ1) is 21.8. The van der Waals surface area contributed by atoms with Crippen LogP contribution >= 0.6 is 0 Å². The van der Waals surface area contributed by atoms with Gasteiger partial charge in [-0.1, -0.05) is 12.1 Å². The standard InChI is InChI=1S/C21H28N2O4S/c1-14(2)22-21(24)13-23(18-9-8-16(4)17(5)12-18)28(25,26)20-11-15(3)7-10-19(20)27-6/h7-12,14H,13H2,1-6H3,(H,22,24). The molecule has 0 aliphatic heterocycles. The van der Waals surface area contributed by atoms with Gasteiger partial charge < -0.3 is 10.1 Å². The number of methoxy groups -OCH3 is 1. The molecule has 2 aromatic carbocycles. The van der Waals surface area contributed by atoms with Crippen LogP contribution in [0.15, 0.2) is 41.3 Å². The highest BCUT2D eigenvalue weighted by Crippen LogP contribution is 2.31. The van der Waals surface area contributed by atoms with Crippen molar-refractivity contribution in [2.24, 2.45) is 0 Å². The maximum absolute atomic E-state index is 13.5. The van der Waals surface area contributed by atoms with E-state index in [1.54, 1.807) is 30.3 Å². The number of nitrogens with zero attached hydrogens (tertiary/aromatic N) is 1. The second kappa shape index (κ2) is 8.65. The SMILES string of the molecule is COc1ccc(C)cc1S(=O)(=O)N(CC(=O)NC(C)C)c1ccc(C)c(C)c1. The van der Waals surface area contributed by atoms with Crippen LogP contribution in [0.4, 0.5) is 5.69 Å². The van der Waals surface area contributed by atoms with E-state index in [4.69, 9.17) is 4.74 Å². The van der Waals surface area contributed by atoms with E-state index in [1.165, 1.54) is 7.11 Å². The molecular formula is C21H28N2O4S. The second-order valence-electron chi connectivity index (χ2n) is 7.16. The number of hydrogen-bond acceptors (Lipinski definition) is 4. The zero-order chi connectivity index (χ0) is 21.1. The summed E-state index contributed by atoms with van der Waals surface area (Å²) in [4.78, 5) is 12.5. The molecule has 0 heterocycles. The molecule has 6 nitrogen and oxygen atoms in total. The fourth-order valence-electron chi connectivity index (χ4n) is 2.80. The monoisotopic (exact) mass is 404 g/mol. The Labute approximate surface area is 167 Å². The number of ether oxygens (including phenoxy) is 1. The van der Waals surface area contributed by atoms with Gasteiger partial charge in [-0.2, -0.15) is 0 Å². The summed E-state index contributed by atoms with van der Waals surface area (Å²) in [5.41, 5.74) is 3.20. The summed E-state index contributed by atoms with van der Waals surface area (Å²) in [5.74, 6) is -0.132. The summed E-state index contributed by atoms with van der Waals surface area (Å²) in [5, 5.41) is 2.76. The predicted octanol–water partition coefficient (Wildman–Crippen LogP) is 3.34. The highest BCUT2D eigenvalue weighted by Gasteiger charge is 2.30. The van der Waals surface area contributed by atoms with Crippen LogP contribution < -0.4 is 14.4 Å². The minimum absolute atomic E-state index is 0.0329. The van der Waals surface area contributed by atoms with Gasteiger partial charge in [0.15, 0.2) is 0 Å². The van der Waals surface area contributed by atoms with Gasteiger partial charge in [-0.15, -0.1) is 0 Å². The van der Waals surface area contributed by atoms with E-state index in [2.05, 4.69) is 5.32 Å². The fourth-order valence-corrected chi connectivity index (χ4v) is 4.45. The number of anilines is 1. The summed E-state index contributed by atoms with van der Waals surface area (Å²) in [6.07, 6.45) is 0. The van der Waals surface area contributed by atoms with Gasteiger partial charge in [-0.25, -0.2) is 8.42 Å². The van der Waals surface area contributed by atoms with Crippen LogP contribution in [0.1, 0.15) is 30.5 Å². The van der Waals surface area contributed by atoms with Crippen molar-refractivity contribution < 1.29 is 17.9 Å². The van der Waals surface area contributed by atoms with Crippen LogP contribution in [0.5, 0.6) is 5.75 Å². The quantitative estimate of drug-likeness (QED) is 0.768. The van der Waals surface area contributed by atoms with Crippen molar-refractivity contribution in [2.45, 2.75) is 45.6 Å². The molecule has 1 N–H and O–H groups in total. The Morgan fingerprint density at radius 3 is 2.32 bits per heavy atom. The molecule has 0 aromatic heterocycles. The second-order valence-corrected chi connectivity index (χ2v) is 8.99. The van der Waals surface area contributed by atoms with Crippen molar-refractivity contribution in [1.82, 2.24) is 5.32 Å². The molecule has 2 aromatic rings. The zero-order valence-electron chi connectivity index (χ0n) is 17.2. The van der Waals surface area contributed by atoms with Gasteiger partial charge in [0.25, 0.3) is 10.0 Å². The van der Waals surface area contributed by atoms with Gasteiger partial charge in [0.2, 0.25) is 5.91 Å². The van der Waals surface area contributed by atoms with Crippen molar-refractivity contribution in [1.29, 1.82) is 0 Å². The maximum atomic E-state index is 13.5. The minimum Gasteiger partial charge on any atom is -0.495 e. The van der Waals surface area contributed by atoms with E-state index >= 15 is 0 Å². The number of carbonyl (C=O) groups excluding carboxylic acids is 1. The lowest BCUT2D eigenvalue weighted by molar-refractivity contribution is -0.120. The molecule has 0 unspecified atom stereocenters. The van der Waals surface area contributed by atoms with Gasteiger partial charge in [-0.3, -0.25) is 9.10 Å². The molecule has 2 rings (SSSR count). The van der Waals surface area contributed by atoms with Crippen LogP contribution in [-0.2, 0) is 14.8 Å². The normalized spacial score (nSPS) is 11.4. The molecule has 0 fully saturated rings. The Kier molecular flexibility index (Phi) is 6.72. The van der Waals surface area contributed by atoms with Crippen LogP contribution in [-0.4, -0.2) is 34.0 Å². The summed E-state index contributed by atoms with van der Waals surface area (Å²) < 4.78 is 33.5. The van der Waals surface area contributed by atoms with Gasteiger partial charge in [-0.05, 0) is 75.6 Å². The van der Waals surface area contributed by atoms with E-state index < -0.39 is 10.0 Å². The predicted molar refractivity (Wildman–Crippen MR) is 111 cm³/mol. The molecule has 152 valence electrons. The zero-order valence-corrected chi connectivity index (χ0v) is 18.1.